The Labute approximate surface area is 117 Å². The van der Waals surface area contributed by atoms with E-state index in [9.17, 15) is 4.79 Å². The number of anilines is 1. The molecule has 1 heterocycles. The lowest BCUT2D eigenvalue weighted by Crippen LogP contribution is -2.16. The number of nitrogens with zero attached hydrogens (tertiary/aromatic N) is 1. The van der Waals surface area contributed by atoms with Crippen LogP contribution in [0.1, 0.15) is 36.7 Å². The van der Waals surface area contributed by atoms with Crippen molar-refractivity contribution in [3.8, 4) is 0 Å². The molecule has 0 aliphatic heterocycles. The summed E-state index contributed by atoms with van der Waals surface area (Å²) in [5.74, 6) is -0.310. The Morgan fingerprint density at radius 1 is 1.40 bits per heavy atom. The molecule has 0 spiro atoms. The number of pyridine rings is 1. The zero-order valence-corrected chi connectivity index (χ0v) is 11.5. The summed E-state index contributed by atoms with van der Waals surface area (Å²) in [5, 5.41) is 14.4. The average Bonchev–Trinajstić information content (AvgIpc) is 3.25. The molecule has 1 aromatic heterocycles. The van der Waals surface area contributed by atoms with Crippen LogP contribution in [-0.2, 0) is 0 Å². The van der Waals surface area contributed by atoms with E-state index in [1.165, 1.54) is 12.8 Å². The Balaban J connectivity index is 1.97. The number of aromatic nitrogens is 1. The maximum atomic E-state index is 11.2. The summed E-state index contributed by atoms with van der Waals surface area (Å²) in [6, 6.07) is 9.37. The number of fused-ring (bicyclic) bond motifs is 1. The molecule has 0 amide bonds. The molecule has 0 saturated heterocycles. The number of aromatic carboxylic acids is 1. The van der Waals surface area contributed by atoms with Crippen molar-refractivity contribution in [1.82, 2.24) is 4.98 Å². The summed E-state index contributed by atoms with van der Waals surface area (Å²) in [4.78, 5) is 15.4. The molecule has 1 aliphatic rings. The van der Waals surface area contributed by atoms with Gasteiger partial charge in [0.25, 0.3) is 0 Å². The van der Waals surface area contributed by atoms with E-state index in [0.717, 1.165) is 23.7 Å². The molecule has 0 atom stereocenters. The van der Waals surface area contributed by atoms with Crippen LogP contribution in [0.5, 0.6) is 0 Å². The number of hydrogen-bond acceptors (Lipinski definition) is 3. The fourth-order valence-electron chi connectivity index (χ4n) is 2.55. The summed E-state index contributed by atoms with van der Waals surface area (Å²) in [6.07, 6.45) is 3.64. The van der Waals surface area contributed by atoms with Crippen molar-refractivity contribution in [2.24, 2.45) is 5.41 Å². The molecule has 104 valence electrons. The first-order valence-electron chi connectivity index (χ1n) is 7.00. The first-order valence-corrected chi connectivity index (χ1v) is 7.00. The van der Waals surface area contributed by atoms with Gasteiger partial charge in [-0.05, 0) is 36.1 Å². The van der Waals surface area contributed by atoms with Crippen molar-refractivity contribution in [2.45, 2.75) is 26.2 Å². The van der Waals surface area contributed by atoms with Crippen LogP contribution >= 0.6 is 0 Å². The van der Waals surface area contributed by atoms with E-state index in [0.29, 0.717) is 11.2 Å². The molecule has 1 aromatic carbocycles. The smallest absolute Gasteiger partial charge is 0.354 e. The van der Waals surface area contributed by atoms with Crippen molar-refractivity contribution in [3.63, 3.8) is 0 Å². The number of nitrogens with one attached hydrogen (secondary N) is 1. The Morgan fingerprint density at radius 2 is 2.15 bits per heavy atom. The monoisotopic (exact) mass is 270 g/mol. The van der Waals surface area contributed by atoms with Crippen LogP contribution in [0, 0.1) is 5.41 Å². The van der Waals surface area contributed by atoms with E-state index >= 15 is 0 Å². The average molecular weight is 270 g/mol. The van der Waals surface area contributed by atoms with Gasteiger partial charge in [-0.3, -0.25) is 0 Å². The maximum Gasteiger partial charge on any atom is 0.354 e. The third-order valence-corrected chi connectivity index (χ3v) is 4.30. The van der Waals surface area contributed by atoms with Crippen LogP contribution in [0.15, 0.2) is 30.3 Å². The van der Waals surface area contributed by atoms with Crippen molar-refractivity contribution in [1.29, 1.82) is 0 Å². The third-order valence-electron chi connectivity index (χ3n) is 4.30. The lowest BCUT2D eigenvalue weighted by Gasteiger charge is -2.15. The van der Waals surface area contributed by atoms with E-state index in [2.05, 4.69) is 17.2 Å². The molecule has 4 nitrogen and oxygen atoms in total. The molecular weight excluding hydrogens is 252 g/mol. The predicted octanol–water partition coefficient (Wildman–Crippen LogP) is 3.54. The molecule has 1 saturated carbocycles. The molecule has 0 bridgehead atoms. The maximum absolute atomic E-state index is 11.2. The van der Waals surface area contributed by atoms with Gasteiger partial charge in [0.1, 0.15) is 5.82 Å². The summed E-state index contributed by atoms with van der Waals surface area (Å²) >= 11 is 0. The predicted molar refractivity (Wildman–Crippen MR) is 79.2 cm³/mol. The minimum Gasteiger partial charge on any atom is -0.477 e. The first kappa shape index (κ1) is 12.9. The van der Waals surface area contributed by atoms with Crippen LogP contribution in [0.3, 0.4) is 0 Å². The van der Waals surface area contributed by atoms with Crippen molar-refractivity contribution in [3.05, 3.63) is 36.0 Å². The SMILES string of the molecule is CCC1(CNc2nc(C(=O)O)cc3ccccc23)CC1. The number of benzene rings is 1. The second-order valence-corrected chi connectivity index (χ2v) is 5.59. The van der Waals surface area contributed by atoms with Gasteiger partial charge in [0.05, 0.1) is 0 Å². The number of rotatable bonds is 5. The Bertz CT molecular complexity index is 663. The Kier molecular flexibility index (Phi) is 3.08. The molecule has 2 aromatic rings. The summed E-state index contributed by atoms with van der Waals surface area (Å²) in [6.45, 7) is 3.07. The van der Waals surface area contributed by atoms with Gasteiger partial charge in [-0.1, -0.05) is 31.2 Å². The minimum absolute atomic E-state index is 0.0903. The van der Waals surface area contributed by atoms with Crippen LogP contribution in [0.25, 0.3) is 10.8 Å². The van der Waals surface area contributed by atoms with Crippen LogP contribution in [0.2, 0.25) is 0 Å². The van der Waals surface area contributed by atoms with Crippen LogP contribution in [-0.4, -0.2) is 22.6 Å². The fraction of sp³-hybridized carbons (Fsp3) is 0.375. The third kappa shape index (κ3) is 2.33. The number of carbonyl (C=O) groups is 1. The molecular formula is C16H18N2O2. The van der Waals surface area contributed by atoms with Crippen molar-refractivity contribution >= 4 is 22.6 Å². The van der Waals surface area contributed by atoms with Gasteiger partial charge in [0, 0.05) is 11.9 Å². The van der Waals surface area contributed by atoms with Crippen LogP contribution < -0.4 is 5.32 Å². The molecule has 4 heteroatoms. The number of hydrogen-bond donors (Lipinski definition) is 2. The van der Waals surface area contributed by atoms with Crippen molar-refractivity contribution in [2.75, 3.05) is 11.9 Å². The van der Waals surface area contributed by atoms with E-state index in [1.807, 2.05) is 24.3 Å². The summed E-state index contributed by atoms with van der Waals surface area (Å²) < 4.78 is 0. The van der Waals surface area contributed by atoms with E-state index < -0.39 is 5.97 Å². The van der Waals surface area contributed by atoms with Crippen LogP contribution in [0.4, 0.5) is 5.82 Å². The van der Waals surface area contributed by atoms with Gasteiger partial charge in [-0.25, -0.2) is 9.78 Å². The highest BCUT2D eigenvalue weighted by molar-refractivity contribution is 5.97. The molecule has 1 aliphatic carbocycles. The van der Waals surface area contributed by atoms with Gasteiger partial charge in [0.15, 0.2) is 5.69 Å². The zero-order chi connectivity index (χ0) is 14.2. The van der Waals surface area contributed by atoms with E-state index in [1.54, 1.807) is 6.07 Å². The highest BCUT2D eigenvalue weighted by Gasteiger charge is 2.40. The molecule has 0 unspecified atom stereocenters. The normalized spacial score (nSPS) is 16.1. The Hall–Kier alpha value is -2.10. The topological polar surface area (TPSA) is 62.2 Å². The standard InChI is InChI=1S/C16H18N2O2/c1-2-16(7-8-16)10-17-14-12-6-4-3-5-11(12)9-13(18-14)15(19)20/h3-6,9H,2,7-8,10H2,1H3,(H,17,18)(H,19,20). The zero-order valence-electron chi connectivity index (χ0n) is 11.5. The number of carboxylic acid groups (broad SMARTS) is 1. The quantitative estimate of drug-likeness (QED) is 0.872. The second-order valence-electron chi connectivity index (χ2n) is 5.59. The van der Waals surface area contributed by atoms with Gasteiger partial charge in [-0.15, -0.1) is 0 Å². The molecule has 1 fully saturated rings. The largest absolute Gasteiger partial charge is 0.477 e. The summed E-state index contributed by atoms with van der Waals surface area (Å²) in [7, 11) is 0. The van der Waals surface area contributed by atoms with E-state index in [4.69, 9.17) is 5.11 Å². The number of carboxylic acids is 1. The first-order chi connectivity index (χ1) is 9.63. The molecule has 2 N–H and O–H groups in total. The van der Waals surface area contributed by atoms with Crippen molar-refractivity contribution < 1.29 is 9.90 Å². The van der Waals surface area contributed by atoms with Gasteiger partial charge in [-0.2, -0.15) is 0 Å². The van der Waals surface area contributed by atoms with Gasteiger partial charge >= 0.3 is 5.97 Å². The van der Waals surface area contributed by atoms with Gasteiger partial charge < -0.3 is 10.4 Å². The molecule has 20 heavy (non-hydrogen) atoms. The Morgan fingerprint density at radius 3 is 2.80 bits per heavy atom. The lowest BCUT2D eigenvalue weighted by molar-refractivity contribution is 0.0691. The molecule has 0 radical (unpaired) electrons. The van der Waals surface area contributed by atoms with Gasteiger partial charge in [0.2, 0.25) is 0 Å². The lowest BCUT2D eigenvalue weighted by atomic mass is 10.0. The minimum atomic E-state index is -0.990. The highest BCUT2D eigenvalue weighted by atomic mass is 16.4. The summed E-state index contributed by atoms with van der Waals surface area (Å²) in [5.41, 5.74) is 0.481. The second kappa shape index (κ2) is 4.78. The highest BCUT2D eigenvalue weighted by Crippen LogP contribution is 2.48. The fourth-order valence-corrected chi connectivity index (χ4v) is 2.55. The van der Waals surface area contributed by atoms with E-state index in [-0.39, 0.29) is 5.69 Å². The molecule has 3 rings (SSSR count).